The molecule has 6 heteroatoms. The van der Waals surface area contributed by atoms with Gasteiger partial charge in [-0.3, -0.25) is 4.48 Å². The minimum Gasteiger partial charge on any atom is -0.362 e. The summed E-state index contributed by atoms with van der Waals surface area (Å²) in [6.45, 7) is 2.06. The Morgan fingerprint density at radius 2 is 1.67 bits per heavy atom. The lowest BCUT2D eigenvalue weighted by Gasteiger charge is -2.52. The zero-order valence-corrected chi connectivity index (χ0v) is 18.2. The molecule has 2 atom stereocenters. The maximum absolute atomic E-state index is 11.3. The number of fused-ring (bicyclic) bond motifs is 1. The highest BCUT2D eigenvalue weighted by Gasteiger charge is 2.61. The van der Waals surface area contributed by atoms with E-state index < -0.39 is 11.9 Å². The Morgan fingerprint density at radius 3 is 2.26 bits per heavy atom. The van der Waals surface area contributed by atoms with E-state index in [1.807, 2.05) is 42.5 Å². The van der Waals surface area contributed by atoms with E-state index >= 15 is 0 Å². The number of likely N-dealkylation sites (N-methyl/N-ethyl adjacent to an activating group) is 2. The summed E-state index contributed by atoms with van der Waals surface area (Å²) in [5.74, 6) is 0. The molecule has 0 radical (unpaired) electrons. The molecule has 0 amide bonds. The molecule has 1 heterocycles. The molecule has 2 unspecified atom stereocenters. The standard InChI is InChI=1S/C21H27Cl2N3O/c1-21(25(2,3)4)20(27)24-19(15-9-7-8-10-17(15)23)16-13-14(22)11-12-18(16)26(21,5)6/h7-13,20,27H,1-6H3/q+2. The highest BCUT2D eigenvalue weighted by atomic mass is 35.5. The van der Waals surface area contributed by atoms with Crippen molar-refractivity contribution in [3.8, 4) is 0 Å². The highest BCUT2D eigenvalue weighted by molar-refractivity contribution is 6.36. The van der Waals surface area contributed by atoms with Crippen LogP contribution in [0.3, 0.4) is 0 Å². The van der Waals surface area contributed by atoms with Crippen LogP contribution in [-0.2, 0) is 0 Å². The summed E-state index contributed by atoms with van der Waals surface area (Å²) in [5.41, 5.74) is 2.72. The molecular formula is C21H27Cl2N3O+2. The highest BCUT2D eigenvalue weighted by Crippen LogP contribution is 2.43. The number of hydrogen-bond acceptors (Lipinski definition) is 2. The molecule has 0 saturated heterocycles. The first-order valence-corrected chi connectivity index (χ1v) is 9.63. The third kappa shape index (κ3) is 3.00. The predicted octanol–water partition coefficient (Wildman–Crippen LogP) is 4.15. The molecule has 1 aliphatic heterocycles. The molecule has 4 nitrogen and oxygen atoms in total. The Kier molecular flexibility index (Phi) is 4.94. The van der Waals surface area contributed by atoms with Crippen molar-refractivity contribution in [2.45, 2.75) is 18.8 Å². The van der Waals surface area contributed by atoms with Gasteiger partial charge < -0.3 is 5.11 Å². The van der Waals surface area contributed by atoms with E-state index in [1.165, 1.54) is 0 Å². The number of halogens is 2. The monoisotopic (exact) mass is 407 g/mol. The van der Waals surface area contributed by atoms with Gasteiger partial charge in [0.25, 0.3) is 11.9 Å². The molecule has 1 N–H and O–H groups in total. The van der Waals surface area contributed by atoms with Crippen molar-refractivity contribution >= 4 is 34.6 Å². The van der Waals surface area contributed by atoms with Gasteiger partial charge in [0.1, 0.15) is 5.69 Å². The predicted molar refractivity (Wildman–Crippen MR) is 115 cm³/mol. The molecule has 0 bridgehead atoms. The number of quaternary nitrogens is 2. The second-order valence-electron chi connectivity index (χ2n) is 8.55. The molecular weight excluding hydrogens is 381 g/mol. The van der Waals surface area contributed by atoms with Gasteiger partial charge in [-0.2, -0.15) is 0 Å². The van der Waals surface area contributed by atoms with Crippen molar-refractivity contribution in [2.75, 3.05) is 35.2 Å². The molecule has 2 aromatic carbocycles. The summed E-state index contributed by atoms with van der Waals surface area (Å²) in [5, 5.41) is 12.6. The fraction of sp³-hybridized carbons (Fsp3) is 0.381. The van der Waals surface area contributed by atoms with Crippen molar-refractivity contribution in [1.82, 2.24) is 4.48 Å². The summed E-state index contributed by atoms with van der Waals surface area (Å²) in [7, 11) is 10.4. The van der Waals surface area contributed by atoms with E-state index in [9.17, 15) is 5.11 Å². The maximum atomic E-state index is 11.3. The van der Waals surface area contributed by atoms with E-state index in [1.54, 1.807) is 0 Å². The van der Waals surface area contributed by atoms with Gasteiger partial charge in [0.15, 0.2) is 0 Å². The lowest BCUT2D eigenvalue weighted by atomic mass is 9.97. The Morgan fingerprint density at radius 1 is 1.04 bits per heavy atom. The van der Waals surface area contributed by atoms with Crippen LogP contribution in [0.15, 0.2) is 47.5 Å². The first-order valence-electron chi connectivity index (χ1n) is 8.88. The summed E-state index contributed by atoms with van der Waals surface area (Å²) in [4.78, 5) is 4.80. The number of rotatable bonds is 2. The van der Waals surface area contributed by atoms with E-state index in [4.69, 9.17) is 28.2 Å². The van der Waals surface area contributed by atoms with E-state index in [2.05, 4.69) is 42.2 Å². The molecule has 1 aliphatic rings. The number of benzodiazepines with no additional fused rings is 1. The zero-order valence-electron chi connectivity index (χ0n) is 16.7. The van der Waals surface area contributed by atoms with E-state index in [0.717, 1.165) is 16.8 Å². The van der Waals surface area contributed by atoms with Crippen LogP contribution in [0, 0.1) is 0 Å². The van der Waals surface area contributed by atoms with Crippen molar-refractivity contribution in [3.05, 3.63) is 63.6 Å². The molecule has 3 rings (SSSR count). The first kappa shape index (κ1) is 20.3. The summed E-state index contributed by atoms with van der Waals surface area (Å²) in [6.07, 6.45) is -0.954. The minimum atomic E-state index is -0.954. The summed E-state index contributed by atoms with van der Waals surface area (Å²) >= 11 is 12.8. The topological polar surface area (TPSA) is 32.6 Å². The Hall–Kier alpha value is -1.43. The van der Waals surface area contributed by atoms with Gasteiger partial charge in [0.05, 0.1) is 53.4 Å². The average molecular weight is 408 g/mol. The van der Waals surface area contributed by atoms with Crippen LogP contribution in [0.1, 0.15) is 18.1 Å². The number of nitrogens with zero attached hydrogens (tertiary/aromatic N) is 3. The van der Waals surface area contributed by atoms with Gasteiger partial charge >= 0.3 is 0 Å². The van der Waals surface area contributed by atoms with Crippen LogP contribution < -0.4 is 4.48 Å². The molecule has 27 heavy (non-hydrogen) atoms. The van der Waals surface area contributed by atoms with Crippen molar-refractivity contribution in [2.24, 2.45) is 4.99 Å². The lowest BCUT2D eigenvalue weighted by Crippen LogP contribution is -2.77. The largest absolute Gasteiger partial charge is 0.362 e. The van der Waals surface area contributed by atoms with Crippen LogP contribution >= 0.6 is 23.2 Å². The Balaban J connectivity index is 2.42. The number of aliphatic imine (C=N–C) groups is 1. The Bertz CT molecular complexity index is 918. The molecule has 0 aromatic heterocycles. The number of benzene rings is 2. The van der Waals surface area contributed by atoms with Crippen LogP contribution in [0.2, 0.25) is 10.0 Å². The van der Waals surface area contributed by atoms with E-state index in [0.29, 0.717) is 24.7 Å². The van der Waals surface area contributed by atoms with Gasteiger partial charge in [-0.1, -0.05) is 41.4 Å². The van der Waals surface area contributed by atoms with Gasteiger partial charge in [-0.05, 0) is 18.2 Å². The number of hydrogen-bond donors (Lipinski definition) is 1. The first-order chi connectivity index (χ1) is 12.4. The van der Waals surface area contributed by atoms with Crippen LogP contribution in [0.4, 0.5) is 5.69 Å². The molecule has 2 aromatic rings. The average Bonchev–Trinajstić information content (AvgIpc) is 2.63. The molecule has 0 saturated carbocycles. The quantitative estimate of drug-likeness (QED) is 0.744. The van der Waals surface area contributed by atoms with Gasteiger partial charge in [-0.25, -0.2) is 9.48 Å². The van der Waals surface area contributed by atoms with Crippen LogP contribution in [0.5, 0.6) is 0 Å². The van der Waals surface area contributed by atoms with Gasteiger partial charge in [0, 0.05) is 21.7 Å². The van der Waals surface area contributed by atoms with Crippen molar-refractivity contribution < 1.29 is 9.59 Å². The van der Waals surface area contributed by atoms with Gasteiger partial charge in [0.2, 0.25) is 0 Å². The maximum Gasteiger partial charge on any atom is 0.273 e. The second-order valence-corrected chi connectivity index (χ2v) is 9.40. The summed E-state index contributed by atoms with van der Waals surface area (Å²) < 4.78 is 0.949. The van der Waals surface area contributed by atoms with Crippen molar-refractivity contribution in [3.63, 3.8) is 0 Å². The van der Waals surface area contributed by atoms with Crippen molar-refractivity contribution in [1.29, 1.82) is 0 Å². The molecule has 144 valence electrons. The summed E-state index contributed by atoms with van der Waals surface area (Å²) in [6, 6.07) is 13.4. The molecule has 0 spiro atoms. The fourth-order valence-electron chi connectivity index (χ4n) is 4.00. The third-order valence-electron chi connectivity index (χ3n) is 6.18. The van der Waals surface area contributed by atoms with Gasteiger partial charge in [-0.15, -0.1) is 0 Å². The normalized spacial score (nSPS) is 24.8. The third-order valence-corrected chi connectivity index (χ3v) is 6.74. The van der Waals surface area contributed by atoms with Crippen LogP contribution in [-0.4, -0.2) is 62.4 Å². The second kappa shape index (κ2) is 6.57. The zero-order chi connectivity index (χ0) is 20.2. The number of aliphatic hydroxyl groups is 1. The van der Waals surface area contributed by atoms with Crippen LogP contribution in [0.25, 0.3) is 0 Å². The van der Waals surface area contributed by atoms with E-state index in [-0.39, 0.29) is 0 Å². The number of aliphatic hydroxyl groups excluding tert-OH is 1. The molecule has 0 fully saturated rings. The Labute approximate surface area is 171 Å². The molecule has 0 aliphatic carbocycles. The SMILES string of the molecule is CC1([N+](C)(C)C)C(O)N=C(c2ccccc2Cl)c2cc(Cl)ccc2[N+]1(C)C. The smallest absolute Gasteiger partial charge is 0.273 e. The lowest BCUT2D eigenvalue weighted by molar-refractivity contribution is -0.937. The minimum absolute atomic E-state index is 0.432. The fourth-order valence-corrected chi connectivity index (χ4v) is 4.39.